The van der Waals surface area contributed by atoms with Crippen molar-refractivity contribution in [3.8, 4) is 0 Å². The van der Waals surface area contributed by atoms with E-state index in [1.807, 2.05) is 6.92 Å². The minimum absolute atomic E-state index is 0. The average Bonchev–Trinajstić information content (AvgIpc) is 2.83. The first-order valence-electron chi connectivity index (χ1n) is 6.45. The summed E-state index contributed by atoms with van der Waals surface area (Å²) in [5.41, 5.74) is 1.11. The summed E-state index contributed by atoms with van der Waals surface area (Å²) >= 11 is 0. The Morgan fingerprint density at radius 2 is 2.25 bits per heavy atom. The van der Waals surface area contributed by atoms with Gasteiger partial charge in [0.1, 0.15) is 11.5 Å². The number of nitrogens with zero attached hydrogens (tertiary/aromatic N) is 1. The molecule has 20 heavy (non-hydrogen) atoms. The normalized spacial score (nSPS) is 18.9. The number of amides is 1. The molecule has 0 saturated carbocycles. The fraction of sp³-hybridized carbons (Fsp3) is 0.357. The zero-order chi connectivity index (χ0) is 13.4. The van der Waals surface area contributed by atoms with E-state index in [0.717, 1.165) is 6.54 Å². The smallest absolute Gasteiger partial charge is 0.270 e. The number of piperazine rings is 1. The van der Waals surface area contributed by atoms with Gasteiger partial charge in [0.2, 0.25) is 0 Å². The molecule has 4 nitrogen and oxygen atoms in total. The molecule has 0 unspecified atom stereocenters. The Hall–Kier alpha value is -1.59. The quantitative estimate of drug-likeness (QED) is 0.847. The summed E-state index contributed by atoms with van der Waals surface area (Å²) in [7, 11) is 0. The number of fused-ring (bicyclic) bond motifs is 1. The number of aromatic amines is 1. The molecular weight excluding hydrogens is 281 g/mol. The van der Waals surface area contributed by atoms with E-state index in [1.54, 1.807) is 23.1 Å². The number of halogens is 2. The Kier molecular flexibility index (Phi) is 4.30. The number of hydrogen-bond acceptors (Lipinski definition) is 2. The van der Waals surface area contributed by atoms with E-state index in [0.29, 0.717) is 35.7 Å². The number of carbonyl (C=O) groups is 1. The van der Waals surface area contributed by atoms with E-state index in [9.17, 15) is 9.18 Å². The highest BCUT2D eigenvalue weighted by Crippen LogP contribution is 2.19. The lowest BCUT2D eigenvalue weighted by atomic mass is 10.2. The van der Waals surface area contributed by atoms with Crippen LogP contribution in [0.5, 0.6) is 0 Å². The van der Waals surface area contributed by atoms with Crippen molar-refractivity contribution < 1.29 is 9.18 Å². The molecule has 1 saturated heterocycles. The van der Waals surface area contributed by atoms with E-state index < -0.39 is 0 Å². The van der Waals surface area contributed by atoms with Gasteiger partial charge in [-0.1, -0.05) is 6.07 Å². The Balaban J connectivity index is 0.00000147. The SMILES string of the molecule is C[C@@H]1CN(C(=O)c2cc3c(F)cccc3[nH]2)CCN1.Cl. The number of hydrogen-bond donors (Lipinski definition) is 2. The highest BCUT2D eigenvalue weighted by atomic mass is 35.5. The minimum Gasteiger partial charge on any atom is -0.350 e. The molecule has 1 amide bonds. The molecule has 0 bridgehead atoms. The van der Waals surface area contributed by atoms with Crippen molar-refractivity contribution in [3.63, 3.8) is 0 Å². The third-order valence-electron chi connectivity index (χ3n) is 3.50. The van der Waals surface area contributed by atoms with E-state index >= 15 is 0 Å². The molecule has 2 N–H and O–H groups in total. The van der Waals surface area contributed by atoms with Crippen LogP contribution in [0.25, 0.3) is 10.9 Å². The summed E-state index contributed by atoms with van der Waals surface area (Å²) in [4.78, 5) is 17.2. The molecule has 108 valence electrons. The van der Waals surface area contributed by atoms with Crippen LogP contribution in [-0.2, 0) is 0 Å². The average molecular weight is 298 g/mol. The molecule has 3 rings (SSSR count). The van der Waals surface area contributed by atoms with Crippen LogP contribution in [0.3, 0.4) is 0 Å². The van der Waals surface area contributed by atoms with E-state index in [-0.39, 0.29) is 24.1 Å². The lowest BCUT2D eigenvalue weighted by Crippen LogP contribution is -2.51. The highest BCUT2D eigenvalue weighted by Gasteiger charge is 2.23. The van der Waals surface area contributed by atoms with Gasteiger partial charge in [-0.15, -0.1) is 12.4 Å². The van der Waals surface area contributed by atoms with Crippen LogP contribution < -0.4 is 5.32 Å². The van der Waals surface area contributed by atoms with Gasteiger partial charge in [0.15, 0.2) is 0 Å². The monoisotopic (exact) mass is 297 g/mol. The number of rotatable bonds is 1. The number of H-pyrrole nitrogens is 1. The fourth-order valence-corrected chi connectivity index (χ4v) is 2.52. The van der Waals surface area contributed by atoms with E-state index in [4.69, 9.17) is 0 Å². The predicted molar refractivity (Wildman–Crippen MR) is 78.9 cm³/mol. The molecule has 1 atom stereocenters. The Labute approximate surface area is 122 Å². The molecule has 1 aliphatic rings. The van der Waals surface area contributed by atoms with Crippen molar-refractivity contribution >= 4 is 29.2 Å². The number of benzene rings is 1. The number of carbonyl (C=O) groups excluding carboxylic acids is 1. The van der Waals surface area contributed by atoms with Gasteiger partial charge in [0.05, 0.1) is 0 Å². The summed E-state index contributed by atoms with van der Waals surface area (Å²) < 4.78 is 13.6. The molecular formula is C14H17ClFN3O. The molecule has 0 spiro atoms. The van der Waals surface area contributed by atoms with Gasteiger partial charge in [0, 0.05) is 36.6 Å². The van der Waals surface area contributed by atoms with E-state index in [2.05, 4.69) is 10.3 Å². The lowest BCUT2D eigenvalue weighted by molar-refractivity contribution is 0.0704. The number of aromatic nitrogens is 1. The van der Waals surface area contributed by atoms with Crippen molar-refractivity contribution in [2.75, 3.05) is 19.6 Å². The molecule has 0 aliphatic carbocycles. The largest absolute Gasteiger partial charge is 0.350 e. The molecule has 1 aliphatic heterocycles. The molecule has 2 heterocycles. The van der Waals surface area contributed by atoms with Crippen LogP contribution in [0, 0.1) is 5.82 Å². The maximum Gasteiger partial charge on any atom is 0.270 e. The second-order valence-electron chi connectivity index (χ2n) is 4.99. The highest BCUT2D eigenvalue weighted by molar-refractivity contribution is 5.98. The van der Waals surface area contributed by atoms with Crippen molar-refractivity contribution in [2.24, 2.45) is 0 Å². The summed E-state index contributed by atoms with van der Waals surface area (Å²) in [5, 5.41) is 3.76. The molecule has 1 aromatic heterocycles. The standard InChI is InChI=1S/C14H16FN3O.ClH/c1-9-8-18(6-5-16-9)14(19)13-7-10-11(15)3-2-4-12(10)17-13;/h2-4,7,9,16-17H,5-6,8H2,1H3;1H/t9-;/m1./s1. The molecule has 1 fully saturated rings. The third kappa shape index (κ3) is 2.64. The third-order valence-corrected chi connectivity index (χ3v) is 3.50. The van der Waals surface area contributed by atoms with Crippen LogP contribution in [0.1, 0.15) is 17.4 Å². The predicted octanol–water partition coefficient (Wildman–Crippen LogP) is 2.16. The first-order chi connectivity index (χ1) is 9.15. The first-order valence-corrected chi connectivity index (χ1v) is 6.45. The molecule has 2 aromatic rings. The van der Waals surface area contributed by atoms with Gasteiger partial charge in [-0.2, -0.15) is 0 Å². The Bertz CT molecular complexity index is 628. The van der Waals surface area contributed by atoms with Crippen LogP contribution in [-0.4, -0.2) is 41.5 Å². The van der Waals surface area contributed by atoms with Gasteiger partial charge in [-0.05, 0) is 25.1 Å². The van der Waals surface area contributed by atoms with Gasteiger partial charge < -0.3 is 15.2 Å². The zero-order valence-corrected chi connectivity index (χ0v) is 12.0. The van der Waals surface area contributed by atoms with Gasteiger partial charge >= 0.3 is 0 Å². The Morgan fingerprint density at radius 3 is 2.95 bits per heavy atom. The number of nitrogens with one attached hydrogen (secondary N) is 2. The molecule has 1 aromatic carbocycles. The van der Waals surface area contributed by atoms with Crippen molar-refractivity contribution in [2.45, 2.75) is 13.0 Å². The summed E-state index contributed by atoms with van der Waals surface area (Å²) in [6.45, 7) is 4.20. The zero-order valence-electron chi connectivity index (χ0n) is 11.1. The molecule has 0 radical (unpaired) electrons. The summed E-state index contributed by atoms with van der Waals surface area (Å²) in [5.74, 6) is -0.370. The first kappa shape index (κ1) is 14.8. The van der Waals surface area contributed by atoms with Gasteiger partial charge in [0.25, 0.3) is 5.91 Å². The van der Waals surface area contributed by atoms with Crippen LogP contribution >= 0.6 is 12.4 Å². The summed E-state index contributed by atoms with van der Waals surface area (Å²) in [6, 6.07) is 6.70. The second kappa shape index (κ2) is 5.81. The van der Waals surface area contributed by atoms with Gasteiger partial charge in [-0.3, -0.25) is 4.79 Å². The maximum absolute atomic E-state index is 13.6. The van der Waals surface area contributed by atoms with Crippen LogP contribution in [0.15, 0.2) is 24.3 Å². The second-order valence-corrected chi connectivity index (χ2v) is 4.99. The van der Waals surface area contributed by atoms with E-state index in [1.165, 1.54) is 6.07 Å². The lowest BCUT2D eigenvalue weighted by Gasteiger charge is -2.31. The van der Waals surface area contributed by atoms with Crippen molar-refractivity contribution in [1.82, 2.24) is 15.2 Å². The fourth-order valence-electron chi connectivity index (χ4n) is 2.52. The summed E-state index contributed by atoms with van der Waals surface area (Å²) in [6.07, 6.45) is 0. The minimum atomic E-state index is -0.304. The Morgan fingerprint density at radius 1 is 1.45 bits per heavy atom. The molecule has 6 heteroatoms. The van der Waals surface area contributed by atoms with Crippen molar-refractivity contribution in [1.29, 1.82) is 0 Å². The van der Waals surface area contributed by atoms with Crippen LogP contribution in [0.4, 0.5) is 4.39 Å². The van der Waals surface area contributed by atoms with Crippen molar-refractivity contribution in [3.05, 3.63) is 35.8 Å². The van der Waals surface area contributed by atoms with Gasteiger partial charge in [-0.25, -0.2) is 4.39 Å². The maximum atomic E-state index is 13.6. The topological polar surface area (TPSA) is 48.1 Å². The van der Waals surface area contributed by atoms with Crippen LogP contribution in [0.2, 0.25) is 0 Å².